The van der Waals surface area contributed by atoms with Gasteiger partial charge >= 0.3 is 6.09 Å². The highest BCUT2D eigenvalue weighted by molar-refractivity contribution is 5.69. The molecule has 3 unspecified atom stereocenters. The van der Waals surface area contributed by atoms with Crippen LogP contribution in [-0.2, 0) is 4.74 Å². The Kier molecular flexibility index (Phi) is 4.91. The monoisotopic (exact) mass is 283 g/mol. The lowest BCUT2D eigenvalue weighted by Gasteiger charge is -2.29. The molecule has 2 fully saturated rings. The predicted octanol–water partition coefficient (Wildman–Crippen LogP) is 1.86. The summed E-state index contributed by atoms with van der Waals surface area (Å²) in [5.74, 6) is 0. The molecule has 1 aliphatic carbocycles. The minimum atomic E-state index is -0.421. The van der Waals surface area contributed by atoms with Crippen LogP contribution in [0.4, 0.5) is 4.79 Å². The number of hydrogen-bond acceptors (Lipinski definition) is 4. The maximum absolute atomic E-state index is 12.2. The number of ether oxygens (including phenoxy) is 1. The van der Waals surface area contributed by atoms with E-state index in [4.69, 9.17) is 10.5 Å². The second-order valence-electron chi connectivity index (χ2n) is 7.15. The number of carbonyl (C=O) groups excluding carboxylic acids is 1. The number of carbonyl (C=O) groups is 1. The van der Waals surface area contributed by atoms with Gasteiger partial charge in [-0.15, -0.1) is 0 Å². The second-order valence-corrected chi connectivity index (χ2v) is 7.15. The number of hydrogen-bond donors (Lipinski definition) is 2. The molecular formula is C15H29N3O2. The van der Waals surface area contributed by atoms with Crippen LogP contribution in [0.5, 0.6) is 0 Å². The maximum Gasteiger partial charge on any atom is 0.410 e. The van der Waals surface area contributed by atoms with Crippen LogP contribution in [0, 0.1) is 0 Å². The molecular weight excluding hydrogens is 254 g/mol. The summed E-state index contributed by atoms with van der Waals surface area (Å²) >= 11 is 0. The number of rotatable bonds is 3. The Morgan fingerprint density at radius 2 is 2.10 bits per heavy atom. The Morgan fingerprint density at radius 3 is 2.70 bits per heavy atom. The van der Waals surface area contributed by atoms with E-state index < -0.39 is 5.60 Å². The molecule has 5 nitrogen and oxygen atoms in total. The molecule has 0 bridgehead atoms. The summed E-state index contributed by atoms with van der Waals surface area (Å²) < 4.78 is 5.48. The molecule has 0 aromatic rings. The lowest BCUT2D eigenvalue weighted by molar-refractivity contribution is 0.0225. The molecule has 1 heterocycles. The summed E-state index contributed by atoms with van der Waals surface area (Å²) in [6.45, 7) is 7.40. The first-order valence-corrected chi connectivity index (χ1v) is 7.84. The molecule has 0 spiro atoms. The SMILES string of the molecule is CC(C)(C)OC(=O)N1CCCC1CNC1CCC(N)C1. The van der Waals surface area contributed by atoms with E-state index in [1.54, 1.807) is 0 Å². The van der Waals surface area contributed by atoms with Gasteiger partial charge in [-0.2, -0.15) is 0 Å². The Hall–Kier alpha value is -0.810. The number of amides is 1. The largest absolute Gasteiger partial charge is 0.444 e. The Labute approximate surface area is 122 Å². The van der Waals surface area contributed by atoms with Gasteiger partial charge in [0, 0.05) is 31.2 Å². The quantitative estimate of drug-likeness (QED) is 0.829. The van der Waals surface area contributed by atoms with Crippen molar-refractivity contribution < 1.29 is 9.53 Å². The third-order valence-corrected chi connectivity index (χ3v) is 4.12. The fourth-order valence-electron chi connectivity index (χ4n) is 3.11. The molecule has 2 rings (SSSR count). The van der Waals surface area contributed by atoms with Crippen molar-refractivity contribution >= 4 is 6.09 Å². The van der Waals surface area contributed by atoms with E-state index in [1.165, 1.54) is 0 Å². The molecule has 3 N–H and O–H groups in total. The molecule has 3 atom stereocenters. The highest BCUT2D eigenvalue weighted by Gasteiger charge is 2.32. The molecule has 1 saturated carbocycles. The van der Waals surface area contributed by atoms with Crippen molar-refractivity contribution in [3.8, 4) is 0 Å². The van der Waals surface area contributed by atoms with Gasteiger partial charge in [0.25, 0.3) is 0 Å². The summed E-state index contributed by atoms with van der Waals surface area (Å²) in [5, 5.41) is 3.57. The number of nitrogens with two attached hydrogens (primary N) is 1. The van der Waals surface area contributed by atoms with Gasteiger partial charge in [-0.25, -0.2) is 4.79 Å². The van der Waals surface area contributed by atoms with Crippen LogP contribution in [0.25, 0.3) is 0 Å². The van der Waals surface area contributed by atoms with Crippen LogP contribution >= 0.6 is 0 Å². The fourth-order valence-corrected chi connectivity index (χ4v) is 3.11. The lowest BCUT2D eigenvalue weighted by Crippen LogP contribution is -2.45. The van der Waals surface area contributed by atoms with Crippen molar-refractivity contribution in [3.05, 3.63) is 0 Å². The normalized spacial score (nSPS) is 30.8. The first-order chi connectivity index (χ1) is 9.35. The zero-order chi connectivity index (χ0) is 14.8. The molecule has 1 amide bonds. The highest BCUT2D eigenvalue weighted by atomic mass is 16.6. The number of nitrogens with zero attached hydrogens (tertiary/aromatic N) is 1. The van der Waals surface area contributed by atoms with Gasteiger partial charge in [-0.3, -0.25) is 0 Å². The number of nitrogens with one attached hydrogen (secondary N) is 1. The molecule has 20 heavy (non-hydrogen) atoms. The topological polar surface area (TPSA) is 67.6 Å². The minimum absolute atomic E-state index is 0.176. The van der Waals surface area contributed by atoms with Crippen molar-refractivity contribution in [3.63, 3.8) is 0 Å². The van der Waals surface area contributed by atoms with Gasteiger partial charge in [0.05, 0.1) is 0 Å². The van der Waals surface area contributed by atoms with Crippen LogP contribution in [0.2, 0.25) is 0 Å². The summed E-state index contributed by atoms with van der Waals surface area (Å²) in [5.41, 5.74) is 5.51. The minimum Gasteiger partial charge on any atom is -0.444 e. The first kappa shape index (κ1) is 15.6. The van der Waals surface area contributed by atoms with Gasteiger partial charge in [-0.05, 0) is 52.9 Å². The van der Waals surface area contributed by atoms with Gasteiger partial charge in [0.2, 0.25) is 0 Å². The average Bonchev–Trinajstić information content (AvgIpc) is 2.92. The van der Waals surface area contributed by atoms with E-state index in [0.29, 0.717) is 12.1 Å². The molecule has 1 saturated heterocycles. The molecule has 5 heteroatoms. The van der Waals surface area contributed by atoms with Crippen molar-refractivity contribution in [2.75, 3.05) is 13.1 Å². The lowest BCUT2D eigenvalue weighted by atomic mass is 10.2. The van der Waals surface area contributed by atoms with Crippen LogP contribution < -0.4 is 11.1 Å². The maximum atomic E-state index is 12.2. The molecule has 1 aliphatic heterocycles. The summed E-state index contributed by atoms with van der Waals surface area (Å²) in [7, 11) is 0. The van der Waals surface area contributed by atoms with E-state index >= 15 is 0 Å². The standard InChI is InChI=1S/C15H29N3O2/c1-15(2,3)20-14(19)18-8-4-5-13(18)10-17-12-7-6-11(16)9-12/h11-13,17H,4-10,16H2,1-3H3. The average molecular weight is 283 g/mol. The third-order valence-electron chi connectivity index (χ3n) is 4.12. The van der Waals surface area contributed by atoms with E-state index in [0.717, 1.165) is 45.2 Å². The smallest absolute Gasteiger partial charge is 0.410 e. The Bertz CT molecular complexity index is 341. The van der Waals surface area contributed by atoms with Gasteiger partial charge in [-0.1, -0.05) is 0 Å². The van der Waals surface area contributed by atoms with Crippen molar-refractivity contribution in [2.24, 2.45) is 5.73 Å². The first-order valence-electron chi connectivity index (χ1n) is 7.84. The summed E-state index contributed by atoms with van der Waals surface area (Å²) in [6, 6.07) is 1.13. The van der Waals surface area contributed by atoms with E-state index in [9.17, 15) is 4.79 Å². The molecule has 0 aromatic heterocycles. The van der Waals surface area contributed by atoms with Crippen molar-refractivity contribution in [1.82, 2.24) is 10.2 Å². The van der Waals surface area contributed by atoms with E-state index in [-0.39, 0.29) is 12.1 Å². The zero-order valence-corrected chi connectivity index (χ0v) is 13.0. The van der Waals surface area contributed by atoms with Crippen molar-refractivity contribution in [1.29, 1.82) is 0 Å². The highest BCUT2D eigenvalue weighted by Crippen LogP contribution is 2.22. The van der Waals surface area contributed by atoms with E-state index in [2.05, 4.69) is 5.32 Å². The summed E-state index contributed by atoms with van der Waals surface area (Å²) in [6.07, 6.45) is 5.27. The third kappa shape index (κ3) is 4.35. The fraction of sp³-hybridized carbons (Fsp3) is 0.933. The van der Waals surface area contributed by atoms with Crippen molar-refractivity contribution in [2.45, 2.75) is 76.6 Å². The molecule has 0 radical (unpaired) electrons. The van der Waals surface area contributed by atoms with Gasteiger partial charge in [0.15, 0.2) is 0 Å². The Morgan fingerprint density at radius 1 is 1.35 bits per heavy atom. The van der Waals surface area contributed by atoms with Crippen LogP contribution in [0.15, 0.2) is 0 Å². The molecule has 2 aliphatic rings. The van der Waals surface area contributed by atoms with Crippen LogP contribution in [0.3, 0.4) is 0 Å². The second kappa shape index (κ2) is 6.31. The van der Waals surface area contributed by atoms with Gasteiger partial charge in [0.1, 0.15) is 5.60 Å². The molecule has 116 valence electrons. The van der Waals surface area contributed by atoms with E-state index in [1.807, 2.05) is 25.7 Å². The summed E-state index contributed by atoms with van der Waals surface area (Å²) in [4.78, 5) is 14.1. The van der Waals surface area contributed by atoms with Gasteiger partial charge < -0.3 is 20.7 Å². The molecule has 0 aromatic carbocycles. The van der Waals surface area contributed by atoms with Crippen LogP contribution in [0.1, 0.15) is 52.9 Å². The van der Waals surface area contributed by atoms with Crippen LogP contribution in [-0.4, -0.2) is 47.8 Å². The predicted molar refractivity (Wildman–Crippen MR) is 79.6 cm³/mol. The Balaban J connectivity index is 1.80. The number of likely N-dealkylation sites (tertiary alicyclic amines) is 1. The zero-order valence-electron chi connectivity index (χ0n) is 13.0.